The quantitative estimate of drug-likeness (QED) is 0.622. The van der Waals surface area contributed by atoms with Gasteiger partial charge in [-0.25, -0.2) is 0 Å². The van der Waals surface area contributed by atoms with Crippen LogP contribution in [0.25, 0.3) is 0 Å². The number of nitrogens with zero attached hydrogens (tertiary/aromatic N) is 1. The Morgan fingerprint density at radius 3 is 2.70 bits per heavy atom. The molecule has 0 aromatic heterocycles. The molecule has 0 radical (unpaired) electrons. The van der Waals surface area contributed by atoms with E-state index in [1.165, 1.54) is 7.11 Å². The molecule has 0 aliphatic heterocycles. The van der Waals surface area contributed by atoms with Crippen molar-refractivity contribution in [2.75, 3.05) is 14.2 Å². The van der Waals surface area contributed by atoms with Gasteiger partial charge in [0.05, 0.1) is 0 Å². The summed E-state index contributed by atoms with van der Waals surface area (Å²) in [7, 11) is 2.96. The van der Waals surface area contributed by atoms with Gasteiger partial charge in [0.25, 0.3) is 5.91 Å². The number of rotatable bonds is 6. The van der Waals surface area contributed by atoms with Crippen LogP contribution in [-0.2, 0) is 16.2 Å². The first-order chi connectivity index (χ1) is 11.2. The van der Waals surface area contributed by atoms with Crippen molar-refractivity contribution >= 4 is 27.5 Å². The molecule has 23 heavy (non-hydrogen) atoms. The molecular weight excluding hydrogens is 360 g/mol. The van der Waals surface area contributed by atoms with Crippen LogP contribution in [0.2, 0.25) is 0 Å². The average Bonchev–Trinajstić information content (AvgIpc) is 2.58. The number of hydrogen-bond donors (Lipinski definition) is 1. The lowest BCUT2D eigenvalue weighted by atomic mass is 10.0. The van der Waals surface area contributed by atoms with Crippen molar-refractivity contribution < 1.29 is 14.4 Å². The Kier molecular flexibility index (Phi) is 6.17. The van der Waals surface area contributed by atoms with Gasteiger partial charge in [-0.2, -0.15) is 0 Å². The SMILES string of the molecule is CNC(=O)/C(=N\OC)c1ccccc1COc1cccc(Br)c1. The maximum absolute atomic E-state index is 12.0. The minimum atomic E-state index is -0.318. The third-order valence-corrected chi connectivity index (χ3v) is 3.58. The van der Waals surface area contributed by atoms with Gasteiger partial charge < -0.3 is 14.9 Å². The third-order valence-electron chi connectivity index (χ3n) is 3.09. The minimum absolute atomic E-state index is 0.212. The van der Waals surface area contributed by atoms with Gasteiger partial charge in [-0.05, 0) is 23.8 Å². The number of likely N-dealkylation sites (N-methyl/N-ethyl adjacent to an activating group) is 1. The van der Waals surface area contributed by atoms with Gasteiger partial charge in [0, 0.05) is 17.1 Å². The molecule has 5 nitrogen and oxygen atoms in total. The van der Waals surface area contributed by atoms with Crippen LogP contribution in [-0.4, -0.2) is 25.8 Å². The molecule has 1 N–H and O–H groups in total. The van der Waals surface area contributed by atoms with Gasteiger partial charge in [0.1, 0.15) is 19.5 Å². The van der Waals surface area contributed by atoms with Gasteiger partial charge in [0.2, 0.25) is 0 Å². The van der Waals surface area contributed by atoms with Crippen molar-refractivity contribution in [3.63, 3.8) is 0 Å². The molecule has 0 bridgehead atoms. The molecule has 0 aliphatic carbocycles. The summed E-state index contributed by atoms with van der Waals surface area (Å²) in [6.45, 7) is 0.312. The molecular formula is C17H17BrN2O3. The molecule has 1 amide bonds. The monoisotopic (exact) mass is 376 g/mol. The first kappa shape index (κ1) is 17.0. The molecule has 0 spiro atoms. The molecule has 0 aliphatic rings. The Hall–Kier alpha value is -2.34. The Labute approximate surface area is 143 Å². The Morgan fingerprint density at radius 2 is 2.00 bits per heavy atom. The molecule has 0 heterocycles. The van der Waals surface area contributed by atoms with E-state index in [0.29, 0.717) is 12.2 Å². The lowest BCUT2D eigenvalue weighted by Gasteiger charge is -2.12. The highest BCUT2D eigenvalue weighted by Crippen LogP contribution is 2.20. The van der Waals surface area contributed by atoms with E-state index in [0.717, 1.165) is 15.8 Å². The van der Waals surface area contributed by atoms with Crippen molar-refractivity contribution in [3.05, 3.63) is 64.1 Å². The number of carbonyl (C=O) groups excluding carboxylic acids is 1. The fraction of sp³-hybridized carbons (Fsp3) is 0.176. The Bertz CT molecular complexity index is 716. The molecule has 0 saturated heterocycles. The molecule has 2 aromatic carbocycles. The lowest BCUT2D eigenvalue weighted by molar-refractivity contribution is -0.114. The molecule has 0 unspecified atom stereocenters. The summed E-state index contributed by atoms with van der Waals surface area (Å²) in [4.78, 5) is 16.8. The van der Waals surface area contributed by atoms with Crippen molar-refractivity contribution in [1.82, 2.24) is 5.32 Å². The van der Waals surface area contributed by atoms with E-state index in [1.807, 2.05) is 48.5 Å². The van der Waals surface area contributed by atoms with Crippen LogP contribution >= 0.6 is 15.9 Å². The minimum Gasteiger partial charge on any atom is -0.489 e. The zero-order valence-corrected chi connectivity index (χ0v) is 14.5. The summed E-state index contributed by atoms with van der Waals surface area (Å²) in [5, 5.41) is 6.40. The number of amides is 1. The van der Waals surface area contributed by atoms with E-state index in [2.05, 4.69) is 26.4 Å². The van der Waals surface area contributed by atoms with Crippen LogP contribution in [0.3, 0.4) is 0 Å². The largest absolute Gasteiger partial charge is 0.489 e. The first-order valence-corrected chi connectivity index (χ1v) is 7.75. The molecule has 2 aromatic rings. The zero-order chi connectivity index (χ0) is 16.7. The predicted molar refractivity (Wildman–Crippen MR) is 92.5 cm³/mol. The maximum atomic E-state index is 12.0. The van der Waals surface area contributed by atoms with Crippen molar-refractivity contribution in [3.8, 4) is 5.75 Å². The van der Waals surface area contributed by atoms with Gasteiger partial charge >= 0.3 is 0 Å². The standard InChI is InChI=1S/C17H17BrN2O3/c1-19-17(21)16(20-22-2)15-9-4-3-6-12(15)11-23-14-8-5-7-13(18)10-14/h3-10H,11H2,1-2H3,(H,19,21)/b20-16-. The Balaban J connectivity index is 2.26. The summed E-state index contributed by atoms with van der Waals surface area (Å²) < 4.78 is 6.74. The van der Waals surface area contributed by atoms with Gasteiger partial charge in [-0.1, -0.05) is 51.4 Å². The fourth-order valence-electron chi connectivity index (χ4n) is 2.02. The highest BCUT2D eigenvalue weighted by atomic mass is 79.9. The second-order valence-corrected chi connectivity index (χ2v) is 5.52. The van der Waals surface area contributed by atoms with Gasteiger partial charge in [-0.3, -0.25) is 4.79 Å². The van der Waals surface area contributed by atoms with Crippen molar-refractivity contribution in [2.45, 2.75) is 6.61 Å². The van der Waals surface area contributed by atoms with Crippen LogP contribution in [0.15, 0.2) is 58.2 Å². The van der Waals surface area contributed by atoms with Gasteiger partial charge in [-0.15, -0.1) is 0 Å². The van der Waals surface area contributed by atoms with E-state index < -0.39 is 0 Å². The fourth-order valence-corrected chi connectivity index (χ4v) is 2.40. The molecule has 2 rings (SSSR count). The number of carbonyl (C=O) groups is 1. The topological polar surface area (TPSA) is 59.9 Å². The first-order valence-electron chi connectivity index (χ1n) is 6.95. The van der Waals surface area contributed by atoms with Crippen LogP contribution in [0.5, 0.6) is 5.75 Å². The van der Waals surface area contributed by atoms with Crippen molar-refractivity contribution in [1.29, 1.82) is 0 Å². The average molecular weight is 377 g/mol. The van der Waals surface area contributed by atoms with E-state index in [9.17, 15) is 4.79 Å². The second kappa shape index (κ2) is 8.33. The van der Waals surface area contributed by atoms with Gasteiger partial charge in [0.15, 0.2) is 5.71 Å². The lowest BCUT2D eigenvalue weighted by Crippen LogP contribution is -2.29. The summed E-state index contributed by atoms with van der Waals surface area (Å²) in [6.07, 6.45) is 0. The number of benzene rings is 2. The normalized spacial score (nSPS) is 11.0. The van der Waals surface area contributed by atoms with Crippen LogP contribution in [0, 0.1) is 0 Å². The highest BCUT2D eigenvalue weighted by molar-refractivity contribution is 9.10. The summed E-state index contributed by atoms with van der Waals surface area (Å²) in [6, 6.07) is 15.0. The molecule has 0 fully saturated rings. The number of nitrogens with one attached hydrogen (secondary N) is 1. The summed E-state index contributed by atoms with van der Waals surface area (Å²) >= 11 is 3.41. The Morgan fingerprint density at radius 1 is 1.22 bits per heavy atom. The molecule has 120 valence electrons. The third kappa shape index (κ3) is 4.56. The second-order valence-electron chi connectivity index (χ2n) is 4.60. The summed E-state index contributed by atoms with van der Waals surface area (Å²) in [5.41, 5.74) is 1.72. The van der Waals surface area contributed by atoms with E-state index in [-0.39, 0.29) is 11.6 Å². The van der Waals surface area contributed by atoms with E-state index >= 15 is 0 Å². The molecule has 6 heteroatoms. The highest BCUT2D eigenvalue weighted by Gasteiger charge is 2.17. The maximum Gasteiger partial charge on any atom is 0.273 e. The van der Waals surface area contributed by atoms with Crippen LogP contribution in [0.4, 0.5) is 0 Å². The molecule has 0 saturated carbocycles. The summed E-state index contributed by atoms with van der Waals surface area (Å²) in [5.74, 6) is 0.418. The van der Waals surface area contributed by atoms with Crippen LogP contribution < -0.4 is 10.1 Å². The number of ether oxygens (including phenoxy) is 1. The van der Waals surface area contributed by atoms with Crippen LogP contribution in [0.1, 0.15) is 11.1 Å². The molecule has 0 atom stereocenters. The van der Waals surface area contributed by atoms with E-state index in [1.54, 1.807) is 7.05 Å². The number of oxime groups is 1. The number of hydrogen-bond acceptors (Lipinski definition) is 4. The smallest absolute Gasteiger partial charge is 0.273 e. The number of halogens is 1. The predicted octanol–water partition coefficient (Wildman–Crippen LogP) is 3.12. The van der Waals surface area contributed by atoms with Crippen molar-refractivity contribution in [2.24, 2.45) is 5.16 Å². The zero-order valence-electron chi connectivity index (χ0n) is 12.9. The van der Waals surface area contributed by atoms with E-state index in [4.69, 9.17) is 9.57 Å².